The van der Waals surface area contributed by atoms with Gasteiger partial charge in [0.25, 0.3) is 5.91 Å². The molecule has 6 nitrogen and oxygen atoms in total. The standard InChI is InChI=1S/C27H32N2O4/c30-26(27(31,20-8-4-5-9-20)19-6-2-1-3-7-19)28-13-21-22-15-29(16-23(21)22)14-18-10-11-24-25(12-18)33-17-32-24/h1-3,6-7,10-12,20-23,31H,4-5,8-9,13-17H2,(H,28,30). The number of carbonyl (C=O) groups excluding carboxylic acids is 1. The van der Waals surface area contributed by atoms with Crippen LogP contribution in [0, 0.1) is 23.7 Å². The Hall–Kier alpha value is -2.57. The molecule has 2 aromatic carbocycles. The first-order chi connectivity index (χ1) is 16.1. The second-order valence-corrected chi connectivity index (χ2v) is 10.2. The summed E-state index contributed by atoms with van der Waals surface area (Å²) < 4.78 is 10.9. The van der Waals surface area contributed by atoms with Crippen molar-refractivity contribution in [3.63, 3.8) is 0 Å². The summed E-state index contributed by atoms with van der Waals surface area (Å²) in [5.41, 5.74) is 0.544. The summed E-state index contributed by atoms with van der Waals surface area (Å²) in [5, 5.41) is 14.8. The number of nitrogens with one attached hydrogen (secondary N) is 1. The van der Waals surface area contributed by atoms with Crippen LogP contribution in [-0.4, -0.2) is 42.3 Å². The van der Waals surface area contributed by atoms with Crippen molar-refractivity contribution < 1.29 is 19.4 Å². The number of hydrogen-bond donors (Lipinski definition) is 2. The fraction of sp³-hybridized carbons (Fsp3) is 0.519. The molecule has 1 saturated heterocycles. The predicted octanol–water partition coefficient (Wildman–Crippen LogP) is 3.29. The third kappa shape index (κ3) is 3.79. The highest BCUT2D eigenvalue weighted by Gasteiger charge is 2.56. The maximum Gasteiger partial charge on any atom is 0.256 e. The number of ether oxygens (including phenoxy) is 2. The molecule has 2 aliphatic carbocycles. The number of nitrogens with zero attached hydrogens (tertiary/aromatic N) is 1. The molecule has 3 fully saturated rings. The minimum Gasteiger partial charge on any atom is -0.454 e. The van der Waals surface area contributed by atoms with Gasteiger partial charge in [0.05, 0.1) is 0 Å². The molecule has 2 saturated carbocycles. The first kappa shape index (κ1) is 21.0. The highest BCUT2D eigenvalue weighted by Crippen LogP contribution is 2.52. The Morgan fingerprint density at radius 3 is 2.52 bits per heavy atom. The lowest BCUT2D eigenvalue weighted by molar-refractivity contribution is -0.147. The van der Waals surface area contributed by atoms with Crippen LogP contribution in [0.1, 0.15) is 36.8 Å². The van der Waals surface area contributed by atoms with Crippen molar-refractivity contribution >= 4 is 5.91 Å². The Balaban J connectivity index is 1.04. The normalized spacial score (nSPS) is 27.8. The fourth-order valence-corrected chi connectivity index (χ4v) is 6.40. The van der Waals surface area contributed by atoms with Gasteiger partial charge in [-0.2, -0.15) is 0 Å². The second-order valence-electron chi connectivity index (χ2n) is 10.2. The van der Waals surface area contributed by atoms with E-state index >= 15 is 0 Å². The summed E-state index contributed by atoms with van der Waals surface area (Å²) in [7, 11) is 0. The molecule has 0 aromatic heterocycles. The van der Waals surface area contributed by atoms with Gasteiger partial charge in [-0.1, -0.05) is 49.2 Å². The third-order valence-corrected chi connectivity index (χ3v) is 8.29. The van der Waals surface area contributed by atoms with E-state index < -0.39 is 5.60 Å². The molecule has 6 rings (SSSR count). The van der Waals surface area contributed by atoms with Crippen molar-refractivity contribution in [2.45, 2.75) is 37.8 Å². The van der Waals surface area contributed by atoms with Crippen molar-refractivity contribution in [1.82, 2.24) is 10.2 Å². The van der Waals surface area contributed by atoms with Gasteiger partial charge in [0.15, 0.2) is 17.1 Å². The smallest absolute Gasteiger partial charge is 0.256 e. The fourth-order valence-electron chi connectivity index (χ4n) is 6.40. The van der Waals surface area contributed by atoms with E-state index in [1.165, 1.54) is 5.56 Å². The van der Waals surface area contributed by atoms with E-state index in [1.54, 1.807) is 0 Å². The van der Waals surface area contributed by atoms with Gasteiger partial charge in [-0.25, -0.2) is 0 Å². The molecular weight excluding hydrogens is 416 g/mol. The predicted molar refractivity (Wildman–Crippen MR) is 124 cm³/mol. The number of aliphatic hydroxyl groups is 1. The molecule has 6 heteroatoms. The number of likely N-dealkylation sites (tertiary alicyclic amines) is 1. The van der Waals surface area contributed by atoms with Crippen LogP contribution in [0.3, 0.4) is 0 Å². The van der Waals surface area contributed by atoms with Gasteiger partial charge in [0, 0.05) is 32.1 Å². The summed E-state index contributed by atoms with van der Waals surface area (Å²) in [5.74, 6) is 3.23. The second kappa shape index (κ2) is 8.33. The van der Waals surface area contributed by atoms with Crippen LogP contribution in [0.2, 0.25) is 0 Å². The zero-order valence-electron chi connectivity index (χ0n) is 18.9. The number of amides is 1. The first-order valence-corrected chi connectivity index (χ1v) is 12.3. The number of fused-ring (bicyclic) bond motifs is 2. The van der Waals surface area contributed by atoms with Crippen LogP contribution in [0.15, 0.2) is 48.5 Å². The zero-order chi connectivity index (χ0) is 22.4. The Labute approximate surface area is 194 Å². The van der Waals surface area contributed by atoms with Crippen LogP contribution in [0.5, 0.6) is 11.5 Å². The van der Waals surface area contributed by atoms with E-state index in [2.05, 4.69) is 22.3 Å². The lowest BCUT2D eigenvalue weighted by Gasteiger charge is -2.33. The van der Waals surface area contributed by atoms with Gasteiger partial charge in [0.1, 0.15) is 0 Å². The summed E-state index contributed by atoms with van der Waals surface area (Å²) in [6, 6.07) is 15.7. The summed E-state index contributed by atoms with van der Waals surface area (Å²) in [4.78, 5) is 15.8. The quantitative estimate of drug-likeness (QED) is 0.680. The van der Waals surface area contributed by atoms with E-state index in [0.29, 0.717) is 31.1 Å². The molecule has 1 amide bonds. The topological polar surface area (TPSA) is 71.0 Å². The van der Waals surface area contributed by atoms with Crippen LogP contribution >= 0.6 is 0 Å². The molecule has 174 valence electrons. The lowest BCUT2D eigenvalue weighted by atomic mass is 9.79. The van der Waals surface area contributed by atoms with Gasteiger partial charge in [-0.05, 0) is 53.9 Å². The van der Waals surface area contributed by atoms with Crippen molar-refractivity contribution in [2.24, 2.45) is 23.7 Å². The largest absolute Gasteiger partial charge is 0.454 e. The highest BCUT2D eigenvalue weighted by atomic mass is 16.7. The van der Waals surface area contributed by atoms with Gasteiger partial charge in [-0.15, -0.1) is 0 Å². The summed E-state index contributed by atoms with van der Waals surface area (Å²) in [6.07, 6.45) is 3.97. The van der Waals surface area contributed by atoms with Crippen LogP contribution in [0.4, 0.5) is 0 Å². The molecule has 33 heavy (non-hydrogen) atoms. The molecule has 3 unspecified atom stereocenters. The molecule has 0 spiro atoms. The molecule has 0 radical (unpaired) electrons. The van der Waals surface area contributed by atoms with Crippen molar-refractivity contribution in [3.05, 3.63) is 59.7 Å². The molecule has 4 aliphatic rings. The van der Waals surface area contributed by atoms with E-state index in [1.807, 2.05) is 36.4 Å². The SMILES string of the molecule is O=C(NCC1C2CN(Cc3ccc4c(c3)OCO4)CC12)C(O)(c1ccccc1)C1CCCC1. The summed E-state index contributed by atoms with van der Waals surface area (Å²) >= 11 is 0. The number of rotatable bonds is 7. The van der Waals surface area contributed by atoms with Crippen LogP contribution in [0.25, 0.3) is 0 Å². The zero-order valence-corrected chi connectivity index (χ0v) is 18.9. The summed E-state index contributed by atoms with van der Waals surface area (Å²) in [6.45, 7) is 4.00. The maximum absolute atomic E-state index is 13.3. The van der Waals surface area contributed by atoms with Gasteiger partial charge in [0.2, 0.25) is 6.79 Å². The number of piperidine rings is 1. The van der Waals surface area contributed by atoms with Crippen molar-refractivity contribution in [1.29, 1.82) is 0 Å². The monoisotopic (exact) mass is 448 g/mol. The molecule has 3 atom stereocenters. The Morgan fingerprint density at radius 1 is 1.03 bits per heavy atom. The van der Waals surface area contributed by atoms with Crippen LogP contribution in [-0.2, 0) is 16.9 Å². The van der Waals surface area contributed by atoms with Gasteiger partial charge >= 0.3 is 0 Å². The maximum atomic E-state index is 13.3. The third-order valence-electron chi connectivity index (χ3n) is 8.29. The number of hydrogen-bond acceptors (Lipinski definition) is 5. The Kier molecular flexibility index (Phi) is 5.30. The average molecular weight is 449 g/mol. The lowest BCUT2D eigenvalue weighted by Crippen LogP contribution is -2.49. The highest BCUT2D eigenvalue weighted by molar-refractivity contribution is 5.86. The van der Waals surface area contributed by atoms with Crippen molar-refractivity contribution in [3.8, 4) is 11.5 Å². The van der Waals surface area contributed by atoms with Gasteiger partial charge in [-0.3, -0.25) is 9.69 Å². The average Bonchev–Trinajstić information content (AvgIpc) is 3.38. The van der Waals surface area contributed by atoms with Gasteiger partial charge < -0.3 is 19.9 Å². The van der Waals surface area contributed by atoms with E-state index in [-0.39, 0.29) is 11.8 Å². The van der Waals surface area contributed by atoms with Crippen molar-refractivity contribution in [2.75, 3.05) is 26.4 Å². The Bertz CT molecular complexity index is 1010. The molecular formula is C27H32N2O4. The van der Waals surface area contributed by atoms with E-state index in [0.717, 1.165) is 62.4 Å². The number of benzene rings is 2. The number of carbonyl (C=O) groups is 1. The molecule has 2 N–H and O–H groups in total. The molecule has 2 aliphatic heterocycles. The van der Waals surface area contributed by atoms with E-state index in [9.17, 15) is 9.90 Å². The molecule has 2 heterocycles. The first-order valence-electron chi connectivity index (χ1n) is 12.3. The molecule has 0 bridgehead atoms. The minimum absolute atomic E-state index is 0.00389. The molecule has 2 aromatic rings. The van der Waals surface area contributed by atoms with E-state index in [4.69, 9.17) is 9.47 Å². The Morgan fingerprint density at radius 2 is 1.76 bits per heavy atom. The van der Waals surface area contributed by atoms with Crippen LogP contribution < -0.4 is 14.8 Å². The minimum atomic E-state index is -1.42.